The van der Waals surface area contributed by atoms with Gasteiger partial charge >= 0.3 is 6.09 Å². The third-order valence-electron chi connectivity index (χ3n) is 3.33. The van der Waals surface area contributed by atoms with Gasteiger partial charge in [-0.05, 0) is 13.8 Å². The quantitative estimate of drug-likeness (QED) is 0.862. The van der Waals surface area contributed by atoms with Crippen LogP contribution in [0.15, 0.2) is 12.4 Å². The minimum atomic E-state index is -0.879. The molecular formula is C12H18N4O3. The third kappa shape index (κ3) is 2.69. The van der Waals surface area contributed by atoms with Crippen molar-refractivity contribution in [1.29, 1.82) is 0 Å². The Morgan fingerprint density at radius 3 is 2.74 bits per heavy atom. The summed E-state index contributed by atoms with van der Waals surface area (Å²) >= 11 is 0. The topological polar surface area (TPSA) is 78.8 Å². The van der Waals surface area contributed by atoms with E-state index in [-0.39, 0.29) is 12.1 Å². The lowest BCUT2D eigenvalue weighted by Crippen LogP contribution is -2.58. The molecule has 0 aliphatic carbocycles. The van der Waals surface area contributed by atoms with E-state index in [0.717, 1.165) is 0 Å². The van der Waals surface area contributed by atoms with Gasteiger partial charge in [0.2, 0.25) is 5.88 Å². The minimum Gasteiger partial charge on any atom is -0.480 e. The third-order valence-corrected chi connectivity index (χ3v) is 3.33. The predicted molar refractivity (Wildman–Crippen MR) is 69.6 cm³/mol. The van der Waals surface area contributed by atoms with Crippen LogP contribution in [0.25, 0.3) is 0 Å². The number of aromatic nitrogens is 2. The number of carboxylic acid groups (broad SMARTS) is 1. The van der Waals surface area contributed by atoms with Crippen molar-refractivity contribution in [3.05, 3.63) is 12.4 Å². The second-order valence-electron chi connectivity index (χ2n) is 4.70. The maximum absolute atomic E-state index is 11.1. The van der Waals surface area contributed by atoms with Crippen LogP contribution >= 0.6 is 0 Å². The highest BCUT2D eigenvalue weighted by molar-refractivity contribution is 5.66. The Bertz CT molecular complexity index is 468. The van der Waals surface area contributed by atoms with E-state index in [4.69, 9.17) is 9.84 Å². The SMILES string of the molecule is COc1cncc(N2C[C@@H](C)N(C(=O)O)C[C@@H]2C)n1. The summed E-state index contributed by atoms with van der Waals surface area (Å²) in [5, 5.41) is 9.12. The van der Waals surface area contributed by atoms with Crippen LogP contribution in [0.2, 0.25) is 0 Å². The summed E-state index contributed by atoms with van der Waals surface area (Å²) in [4.78, 5) is 23.1. The van der Waals surface area contributed by atoms with Crippen LogP contribution in [0.5, 0.6) is 5.88 Å². The minimum absolute atomic E-state index is 0.0497. The smallest absolute Gasteiger partial charge is 0.407 e. The molecule has 1 aliphatic heterocycles. The highest BCUT2D eigenvalue weighted by Gasteiger charge is 2.32. The van der Waals surface area contributed by atoms with E-state index in [1.54, 1.807) is 19.5 Å². The van der Waals surface area contributed by atoms with Crippen molar-refractivity contribution in [1.82, 2.24) is 14.9 Å². The van der Waals surface area contributed by atoms with Crippen molar-refractivity contribution in [2.75, 3.05) is 25.1 Å². The van der Waals surface area contributed by atoms with Gasteiger partial charge in [-0.1, -0.05) is 0 Å². The summed E-state index contributed by atoms with van der Waals surface area (Å²) in [5.74, 6) is 1.17. The zero-order chi connectivity index (χ0) is 14.0. The Labute approximate surface area is 111 Å². The molecule has 7 heteroatoms. The highest BCUT2D eigenvalue weighted by Crippen LogP contribution is 2.22. The molecule has 104 valence electrons. The van der Waals surface area contributed by atoms with Crippen LogP contribution < -0.4 is 9.64 Å². The maximum Gasteiger partial charge on any atom is 0.407 e. The summed E-state index contributed by atoms with van der Waals surface area (Å²) in [7, 11) is 1.54. The standard InChI is InChI=1S/C12H18N4O3/c1-8-7-16(12(17)18)9(2)6-15(8)10-4-13-5-11(14-10)19-3/h4-5,8-9H,6-7H2,1-3H3,(H,17,18)/t8-,9+/m0/s1. The molecule has 1 fully saturated rings. The zero-order valence-corrected chi connectivity index (χ0v) is 11.3. The van der Waals surface area contributed by atoms with E-state index in [9.17, 15) is 4.79 Å². The fourth-order valence-electron chi connectivity index (χ4n) is 2.29. The number of anilines is 1. The monoisotopic (exact) mass is 266 g/mol. The molecule has 1 N–H and O–H groups in total. The highest BCUT2D eigenvalue weighted by atomic mass is 16.5. The molecule has 2 heterocycles. The summed E-state index contributed by atoms with van der Waals surface area (Å²) < 4.78 is 5.06. The molecule has 0 saturated carbocycles. The van der Waals surface area contributed by atoms with Gasteiger partial charge in [-0.2, -0.15) is 4.98 Å². The van der Waals surface area contributed by atoms with Crippen LogP contribution in [-0.4, -0.2) is 58.4 Å². The molecule has 2 atom stereocenters. The second-order valence-corrected chi connectivity index (χ2v) is 4.70. The molecule has 1 amide bonds. The number of ether oxygens (including phenoxy) is 1. The lowest BCUT2D eigenvalue weighted by atomic mass is 10.1. The van der Waals surface area contributed by atoms with Crippen LogP contribution in [0.3, 0.4) is 0 Å². The van der Waals surface area contributed by atoms with E-state index in [2.05, 4.69) is 14.9 Å². The molecule has 0 aromatic carbocycles. The lowest BCUT2D eigenvalue weighted by molar-refractivity contribution is 0.114. The van der Waals surface area contributed by atoms with Crippen LogP contribution in [0.1, 0.15) is 13.8 Å². The molecule has 0 bridgehead atoms. The normalized spacial score (nSPS) is 23.3. The van der Waals surface area contributed by atoms with Crippen molar-refractivity contribution in [3.63, 3.8) is 0 Å². The Balaban J connectivity index is 2.19. The van der Waals surface area contributed by atoms with Crippen LogP contribution in [0.4, 0.5) is 10.6 Å². The van der Waals surface area contributed by atoms with Gasteiger partial charge in [0.15, 0.2) is 5.82 Å². The predicted octanol–water partition coefficient (Wildman–Crippen LogP) is 1.06. The molecule has 0 unspecified atom stereocenters. The van der Waals surface area contributed by atoms with Crippen molar-refractivity contribution >= 4 is 11.9 Å². The first-order valence-electron chi connectivity index (χ1n) is 6.15. The number of hydrogen-bond acceptors (Lipinski definition) is 5. The van der Waals surface area contributed by atoms with Gasteiger partial charge in [-0.15, -0.1) is 0 Å². The Hall–Kier alpha value is -2.05. The molecule has 0 spiro atoms. The molecule has 0 radical (unpaired) electrons. The summed E-state index contributed by atoms with van der Waals surface area (Å²) in [6, 6.07) is -0.0320. The first-order chi connectivity index (χ1) is 9.02. The number of amides is 1. The van der Waals surface area contributed by atoms with Crippen LogP contribution in [-0.2, 0) is 0 Å². The fraction of sp³-hybridized carbons (Fsp3) is 0.583. The Morgan fingerprint density at radius 2 is 2.11 bits per heavy atom. The maximum atomic E-state index is 11.1. The first kappa shape index (κ1) is 13.4. The van der Waals surface area contributed by atoms with Crippen molar-refractivity contribution < 1.29 is 14.6 Å². The Morgan fingerprint density at radius 1 is 1.37 bits per heavy atom. The first-order valence-corrected chi connectivity index (χ1v) is 6.15. The average molecular weight is 266 g/mol. The van der Waals surface area contributed by atoms with Gasteiger partial charge < -0.3 is 19.6 Å². The van der Waals surface area contributed by atoms with Gasteiger partial charge in [0.25, 0.3) is 0 Å². The molecule has 1 aromatic heterocycles. The van der Waals surface area contributed by atoms with Crippen LogP contribution in [0, 0.1) is 0 Å². The van der Waals surface area contributed by atoms with Gasteiger partial charge in [0.05, 0.1) is 19.5 Å². The van der Waals surface area contributed by atoms with Gasteiger partial charge in [-0.25, -0.2) is 4.79 Å². The van der Waals surface area contributed by atoms with Gasteiger partial charge in [0, 0.05) is 25.2 Å². The molecule has 19 heavy (non-hydrogen) atoms. The number of rotatable bonds is 2. The number of methoxy groups -OCH3 is 1. The van der Waals surface area contributed by atoms with Crippen molar-refractivity contribution in [3.8, 4) is 5.88 Å². The van der Waals surface area contributed by atoms with Gasteiger partial charge in [0.1, 0.15) is 0 Å². The summed E-state index contributed by atoms with van der Waals surface area (Å²) in [6.45, 7) is 4.91. The Kier molecular flexibility index (Phi) is 3.73. The number of hydrogen-bond donors (Lipinski definition) is 1. The molecule has 7 nitrogen and oxygen atoms in total. The van der Waals surface area contributed by atoms with E-state index in [1.165, 1.54) is 4.90 Å². The molecule has 1 aliphatic rings. The molecule has 1 saturated heterocycles. The second kappa shape index (κ2) is 5.29. The average Bonchev–Trinajstić information content (AvgIpc) is 2.40. The van der Waals surface area contributed by atoms with E-state index >= 15 is 0 Å². The molecule has 1 aromatic rings. The zero-order valence-electron chi connectivity index (χ0n) is 11.3. The fourth-order valence-corrected chi connectivity index (χ4v) is 2.29. The number of carbonyl (C=O) groups is 1. The van der Waals surface area contributed by atoms with Gasteiger partial charge in [-0.3, -0.25) is 4.98 Å². The van der Waals surface area contributed by atoms with E-state index in [1.807, 2.05) is 13.8 Å². The van der Waals surface area contributed by atoms with E-state index in [0.29, 0.717) is 24.8 Å². The number of piperazine rings is 1. The molecule has 2 rings (SSSR count). The lowest BCUT2D eigenvalue weighted by Gasteiger charge is -2.43. The largest absolute Gasteiger partial charge is 0.480 e. The van der Waals surface area contributed by atoms with E-state index < -0.39 is 6.09 Å². The summed E-state index contributed by atoms with van der Waals surface area (Å²) in [5.41, 5.74) is 0. The van der Waals surface area contributed by atoms with Crippen molar-refractivity contribution in [2.45, 2.75) is 25.9 Å². The molecular weight excluding hydrogens is 248 g/mol. The summed E-state index contributed by atoms with van der Waals surface area (Å²) in [6.07, 6.45) is 2.34. The van der Waals surface area contributed by atoms with Crippen molar-refractivity contribution in [2.24, 2.45) is 0 Å². The number of nitrogens with zero attached hydrogens (tertiary/aromatic N) is 4.